The number of hydrogen-bond acceptors (Lipinski definition) is 5. The molecule has 1 heterocycles. The van der Waals surface area contributed by atoms with Crippen molar-refractivity contribution in [2.24, 2.45) is 0 Å². The Morgan fingerprint density at radius 1 is 0.966 bits per heavy atom. The Bertz CT molecular complexity index is 852. The summed E-state index contributed by atoms with van der Waals surface area (Å²) in [6.45, 7) is 3.78. The first kappa shape index (κ1) is 21.0. The number of aryl methyl sites for hydroxylation is 1. The number of carbonyl (C=O) groups excluding carboxylic acids is 1. The molecule has 1 N–H and O–H groups in total. The molecule has 156 valence electrons. The first-order valence-electron chi connectivity index (χ1n) is 9.78. The Morgan fingerprint density at radius 3 is 2.31 bits per heavy atom. The van der Waals surface area contributed by atoms with E-state index in [1.54, 1.807) is 28.1 Å². The second kappa shape index (κ2) is 8.33. The van der Waals surface area contributed by atoms with Crippen LogP contribution in [0, 0.1) is 0 Å². The zero-order chi connectivity index (χ0) is 21.1. The molecule has 3 rings (SSSR count). The molecule has 1 saturated heterocycles. The predicted molar refractivity (Wildman–Crippen MR) is 110 cm³/mol. The minimum Gasteiger partial charge on any atom is -0.493 e. The minimum absolute atomic E-state index is 0.336. The number of rotatable bonds is 8. The van der Waals surface area contributed by atoms with E-state index in [4.69, 9.17) is 14.2 Å². The summed E-state index contributed by atoms with van der Waals surface area (Å²) in [7, 11) is 3.17. The highest BCUT2D eigenvalue weighted by Gasteiger charge is 2.58. The molecule has 1 aliphatic heterocycles. The summed E-state index contributed by atoms with van der Waals surface area (Å²) in [4.78, 5) is 14.0. The van der Waals surface area contributed by atoms with Crippen LogP contribution in [0.4, 0.5) is 4.79 Å². The Balaban J connectivity index is 1.69. The van der Waals surface area contributed by atoms with Crippen LogP contribution in [0.3, 0.4) is 0 Å². The van der Waals surface area contributed by atoms with Crippen molar-refractivity contribution in [3.8, 4) is 11.5 Å². The average Bonchev–Trinajstić information content (AvgIpc) is 2.89. The van der Waals surface area contributed by atoms with Crippen LogP contribution in [0.1, 0.15) is 31.4 Å². The molecule has 1 fully saturated rings. The van der Waals surface area contributed by atoms with Gasteiger partial charge in [0.25, 0.3) is 0 Å². The summed E-state index contributed by atoms with van der Waals surface area (Å²) < 4.78 is 16.3. The molecule has 0 radical (unpaired) electrons. The van der Waals surface area contributed by atoms with Gasteiger partial charge in [-0.3, -0.25) is 4.90 Å². The summed E-state index contributed by atoms with van der Waals surface area (Å²) in [5.74, 6) is 1.28. The van der Waals surface area contributed by atoms with Gasteiger partial charge in [0.2, 0.25) is 0 Å². The first-order valence-corrected chi connectivity index (χ1v) is 9.78. The van der Waals surface area contributed by atoms with Crippen LogP contribution in [-0.2, 0) is 17.6 Å². The van der Waals surface area contributed by atoms with Gasteiger partial charge in [-0.1, -0.05) is 36.4 Å². The molecule has 2 aromatic rings. The van der Waals surface area contributed by atoms with E-state index >= 15 is 0 Å². The number of carbonyl (C=O) groups is 1. The van der Waals surface area contributed by atoms with Crippen molar-refractivity contribution in [3.63, 3.8) is 0 Å². The maximum Gasteiger partial charge on any atom is 0.412 e. The molecule has 0 aliphatic carbocycles. The molecule has 0 bridgehead atoms. The SMILES string of the molecule is COc1ccc(CCN2C(=O)O[C@](C)(CCc3ccccc3)[C@@]2(C)O)cc1OC. The lowest BCUT2D eigenvalue weighted by molar-refractivity contribution is -0.138. The predicted octanol–water partition coefficient (Wildman–Crippen LogP) is 3.80. The normalized spacial score (nSPS) is 23.8. The Hall–Kier alpha value is -2.73. The number of nitrogens with zero attached hydrogens (tertiary/aromatic N) is 1. The van der Waals surface area contributed by atoms with Gasteiger partial charge in [0.1, 0.15) is 0 Å². The molecule has 2 atom stereocenters. The standard InChI is InChI=1S/C23H29NO5/c1-22(14-12-17-8-6-5-7-9-17)23(2,26)24(21(25)29-22)15-13-18-10-11-19(27-3)20(16-18)28-4/h5-11,16,26H,12-15H2,1-4H3/t22-,23-/m1/s1. The van der Waals surface area contributed by atoms with E-state index in [1.807, 2.05) is 48.5 Å². The van der Waals surface area contributed by atoms with Crippen LogP contribution in [-0.4, -0.2) is 48.2 Å². The zero-order valence-electron chi connectivity index (χ0n) is 17.5. The molecule has 0 unspecified atom stereocenters. The molecule has 0 aromatic heterocycles. The van der Waals surface area contributed by atoms with Crippen molar-refractivity contribution in [1.29, 1.82) is 0 Å². The highest BCUT2D eigenvalue weighted by Crippen LogP contribution is 2.40. The summed E-state index contributed by atoms with van der Waals surface area (Å²) >= 11 is 0. The smallest absolute Gasteiger partial charge is 0.412 e. The van der Waals surface area contributed by atoms with Gasteiger partial charge in [-0.05, 0) is 56.4 Å². The molecular weight excluding hydrogens is 370 g/mol. The Labute approximate surface area is 172 Å². The van der Waals surface area contributed by atoms with Crippen LogP contribution >= 0.6 is 0 Å². The third-order valence-corrected chi connectivity index (χ3v) is 5.87. The van der Waals surface area contributed by atoms with E-state index in [0.717, 1.165) is 11.1 Å². The lowest BCUT2D eigenvalue weighted by Crippen LogP contribution is -2.55. The fraction of sp³-hybridized carbons (Fsp3) is 0.435. The molecule has 29 heavy (non-hydrogen) atoms. The third kappa shape index (κ3) is 4.17. The molecule has 1 aliphatic rings. The van der Waals surface area contributed by atoms with Crippen molar-refractivity contribution in [2.75, 3.05) is 20.8 Å². The fourth-order valence-electron chi connectivity index (χ4n) is 3.71. The zero-order valence-corrected chi connectivity index (χ0v) is 17.5. The second-order valence-electron chi connectivity index (χ2n) is 7.70. The minimum atomic E-state index is -1.41. The number of hydrogen-bond donors (Lipinski definition) is 1. The summed E-state index contributed by atoms with van der Waals surface area (Å²) in [5.41, 5.74) is -0.277. The molecule has 6 heteroatoms. The maximum atomic E-state index is 12.6. The van der Waals surface area contributed by atoms with Crippen molar-refractivity contribution < 1.29 is 24.1 Å². The molecule has 0 saturated carbocycles. The van der Waals surface area contributed by atoms with E-state index < -0.39 is 17.4 Å². The van der Waals surface area contributed by atoms with E-state index in [1.165, 1.54) is 4.90 Å². The molecule has 1 amide bonds. The van der Waals surface area contributed by atoms with Crippen LogP contribution < -0.4 is 9.47 Å². The molecule has 0 spiro atoms. The van der Waals surface area contributed by atoms with E-state index in [-0.39, 0.29) is 0 Å². The van der Waals surface area contributed by atoms with Gasteiger partial charge in [-0.25, -0.2) is 4.79 Å². The lowest BCUT2D eigenvalue weighted by atomic mass is 9.87. The molecule has 6 nitrogen and oxygen atoms in total. The lowest BCUT2D eigenvalue weighted by Gasteiger charge is -2.37. The fourth-order valence-corrected chi connectivity index (χ4v) is 3.71. The van der Waals surface area contributed by atoms with E-state index in [0.29, 0.717) is 37.3 Å². The van der Waals surface area contributed by atoms with Crippen molar-refractivity contribution >= 4 is 6.09 Å². The summed E-state index contributed by atoms with van der Waals surface area (Å²) in [6, 6.07) is 15.6. The number of cyclic esters (lactones) is 1. The number of benzene rings is 2. The van der Waals surface area contributed by atoms with Crippen LogP contribution in [0.15, 0.2) is 48.5 Å². The average molecular weight is 399 g/mol. The summed E-state index contributed by atoms with van der Waals surface area (Å²) in [6.07, 6.45) is 1.30. The van der Waals surface area contributed by atoms with Gasteiger partial charge in [0.15, 0.2) is 22.8 Å². The topological polar surface area (TPSA) is 68.2 Å². The van der Waals surface area contributed by atoms with Crippen LogP contribution in [0.2, 0.25) is 0 Å². The van der Waals surface area contributed by atoms with Gasteiger partial charge in [0, 0.05) is 6.54 Å². The van der Waals surface area contributed by atoms with Crippen LogP contribution in [0.25, 0.3) is 0 Å². The Morgan fingerprint density at radius 2 is 1.66 bits per heavy atom. The van der Waals surface area contributed by atoms with Gasteiger partial charge < -0.3 is 19.3 Å². The van der Waals surface area contributed by atoms with Crippen molar-refractivity contribution in [3.05, 3.63) is 59.7 Å². The molecular formula is C23H29NO5. The molecule has 2 aromatic carbocycles. The van der Waals surface area contributed by atoms with Crippen molar-refractivity contribution in [1.82, 2.24) is 4.90 Å². The monoisotopic (exact) mass is 399 g/mol. The van der Waals surface area contributed by atoms with E-state index in [9.17, 15) is 9.90 Å². The quantitative estimate of drug-likeness (QED) is 0.731. The van der Waals surface area contributed by atoms with Crippen molar-refractivity contribution in [2.45, 2.75) is 44.4 Å². The van der Waals surface area contributed by atoms with Gasteiger partial charge >= 0.3 is 6.09 Å². The van der Waals surface area contributed by atoms with E-state index in [2.05, 4.69) is 0 Å². The third-order valence-electron chi connectivity index (χ3n) is 5.87. The highest BCUT2D eigenvalue weighted by molar-refractivity contribution is 5.72. The maximum absolute atomic E-state index is 12.6. The van der Waals surface area contributed by atoms with Crippen LogP contribution in [0.5, 0.6) is 11.5 Å². The first-order chi connectivity index (χ1) is 13.8. The number of ether oxygens (including phenoxy) is 3. The largest absolute Gasteiger partial charge is 0.493 e. The number of methoxy groups -OCH3 is 2. The number of amides is 1. The van der Waals surface area contributed by atoms with Gasteiger partial charge in [-0.15, -0.1) is 0 Å². The highest BCUT2D eigenvalue weighted by atomic mass is 16.6. The van der Waals surface area contributed by atoms with Gasteiger partial charge in [-0.2, -0.15) is 0 Å². The summed E-state index contributed by atoms with van der Waals surface area (Å²) in [5, 5.41) is 11.2. The Kier molecular flexibility index (Phi) is 6.03. The number of aliphatic hydroxyl groups is 1. The van der Waals surface area contributed by atoms with Gasteiger partial charge in [0.05, 0.1) is 14.2 Å². The second-order valence-corrected chi connectivity index (χ2v) is 7.70.